The maximum atomic E-state index is 3.32. The van der Waals surface area contributed by atoms with Crippen LogP contribution in [-0.2, 0) is 6.42 Å². The average molecular weight is 187 g/mol. The Bertz CT molecular complexity index is 400. The molecule has 2 rings (SSSR count). The number of fused-ring (bicyclic) bond motifs is 1. The van der Waals surface area contributed by atoms with Gasteiger partial charge in [-0.2, -0.15) is 0 Å². The van der Waals surface area contributed by atoms with Crippen LogP contribution >= 0.6 is 0 Å². The molecule has 0 saturated heterocycles. The third-order valence-electron chi connectivity index (χ3n) is 2.72. The molecule has 1 heteroatoms. The molecule has 0 unspecified atom stereocenters. The SMILES string of the molecule is CCCCCc1c[nH]c2ccccc12. The van der Waals surface area contributed by atoms with E-state index in [9.17, 15) is 0 Å². The summed E-state index contributed by atoms with van der Waals surface area (Å²) in [5, 5.41) is 1.39. The molecule has 0 amide bonds. The molecule has 1 aromatic carbocycles. The molecule has 0 radical (unpaired) electrons. The van der Waals surface area contributed by atoms with Crippen LogP contribution in [0.2, 0.25) is 0 Å². The van der Waals surface area contributed by atoms with Gasteiger partial charge < -0.3 is 4.98 Å². The molecule has 0 spiro atoms. The highest BCUT2D eigenvalue weighted by Crippen LogP contribution is 2.19. The quantitative estimate of drug-likeness (QED) is 0.699. The van der Waals surface area contributed by atoms with Crippen molar-refractivity contribution >= 4 is 10.9 Å². The van der Waals surface area contributed by atoms with Crippen LogP contribution in [0.1, 0.15) is 31.7 Å². The number of hydrogen-bond acceptors (Lipinski definition) is 0. The van der Waals surface area contributed by atoms with Gasteiger partial charge in [-0.25, -0.2) is 0 Å². The molecule has 0 aliphatic heterocycles. The smallest absolute Gasteiger partial charge is 0.0456 e. The highest BCUT2D eigenvalue weighted by atomic mass is 14.7. The van der Waals surface area contributed by atoms with Gasteiger partial charge in [0.05, 0.1) is 0 Å². The van der Waals surface area contributed by atoms with Crippen LogP contribution in [0.5, 0.6) is 0 Å². The van der Waals surface area contributed by atoms with Crippen molar-refractivity contribution in [3.63, 3.8) is 0 Å². The number of unbranched alkanes of at least 4 members (excludes halogenated alkanes) is 2. The number of hydrogen-bond donors (Lipinski definition) is 1. The van der Waals surface area contributed by atoms with Crippen LogP contribution in [0.15, 0.2) is 30.5 Å². The van der Waals surface area contributed by atoms with Crippen LogP contribution in [0.3, 0.4) is 0 Å². The Morgan fingerprint density at radius 1 is 1.14 bits per heavy atom. The Kier molecular flexibility index (Phi) is 2.87. The van der Waals surface area contributed by atoms with E-state index < -0.39 is 0 Å². The van der Waals surface area contributed by atoms with Gasteiger partial charge in [-0.05, 0) is 24.5 Å². The summed E-state index contributed by atoms with van der Waals surface area (Å²) in [4.78, 5) is 3.32. The lowest BCUT2D eigenvalue weighted by atomic mass is 10.1. The Morgan fingerprint density at radius 3 is 2.86 bits per heavy atom. The first-order chi connectivity index (χ1) is 6.92. The Hall–Kier alpha value is -1.24. The fourth-order valence-corrected chi connectivity index (χ4v) is 1.90. The van der Waals surface area contributed by atoms with Crippen molar-refractivity contribution in [2.45, 2.75) is 32.6 Å². The predicted octanol–water partition coefficient (Wildman–Crippen LogP) is 3.90. The molecule has 0 aliphatic rings. The minimum absolute atomic E-state index is 1.21. The normalized spacial score (nSPS) is 10.9. The lowest BCUT2D eigenvalue weighted by Crippen LogP contribution is -1.82. The molecular weight excluding hydrogens is 170 g/mol. The Morgan fingerprint density at radius 2 is 2.00 bits per heavy atom. The molecule has 1 N–H and O–H groups in total. The van der Waals surface area contributed by atoms with Gasteiger partial charge in [0.25, 0.3) is 0 Å². The van der Waals surface area contributed by atoms with E-state index in [4.69, 9.17) is 0 Å². The Balaban J connectivity index is 2.17. The van der Waals surface area contributed by atoms with Gasteiger partial charge in [0.15, 0.2) is 0 Å². The monoisotopic (exact) mass is 187 g/mol. The molecule has 14 heavy (non-hydrogen) atoms. The molecular formula is C13H17N. The zero-order chi connectivity index (χ0) is 9.80. The molecule has 0 fully saturated rings. The lowest BCUT2D eigenvalue weighted by molar-refractivity contribution is 0.719. The van der Waals surface area contributed by atoms with E-state index in [1.165, 1.54) is 42.1 Å². The fraction of sp³-hybridized carbons (Fsp3) is 0.385. The van der Waals surface area contributed by atoms with Crippen molar-refractivity contribution in [2.75, 3.05) is 0 Å². The first-order valence-corrected chi connectivity index (χ1v) is 5.47. The van der Waals surface area contributed by atoms with Gasteiger partial charge in [0, 0.05) is 17.1 Å². The van der Waals surface area contributed by atoms with Gasteiger partial charge in [-0.15, -0.1) is 0 Å². The summed E-state index contributed by atoms with van der Waals surface area (Å²) in [5.74, 6) is 0. The minimum Gasteiger partial charge on any atom is -0.361 e. The van der Waals surface area contributed by atoms with Crippen molar-refractivity contribution in [2.24, 2.45) is 0 Å². The molecule has 2 aromatic rings. The van der Waals surface area contributed by atoms with Gasteiger partial charge in [-0.1, -0.05) is 38.0 Å². The second-order valence-electron chi connectivity index (χ2n) is 3.82. The summed E-state index contributed by atoms with van der Waals surface area (Å²) in [6.45, 7) is 2.25. The number of rotatable bonds is 4. The molecule has 74 valence electrons. The fourth-order valence-electron chi connectivity index (χ4n) is 1.90. The molecule has 0 atom stereocenters. The minimum atomic E-state index is 1.21. The Labute approximate surface area is 85.1 Å². The summed E-state index contributed by atoms with van der Waals surface area (Å²) in [5.41, 5.74) is 2.73. The molecule has 0 aliphatic carbocycles. The summed E-state index contributed by atoms with van der Waals surface area (Å²) in [6, 6.07) is 8.53. The zero-order valence-corrected chi connectivity index (χ0v) is 8.72. The van der Waals surface area contributed by atoms with Gasteiger partial charge in [0.2, 0.25) is 0 Å². The second kappa shape index (κ2) is 4.32. The molecule has 1 heterocycles. The van der Waals surface area contributed by atoms with E-state index in [1.807, 2.05) is 0 Å². The van der Waals surface area contributed by atoms with Crippen molar-refractivity contribution in [3.05, 3.63) is 36.0 Å². The van der Waals surface area contributed by atoms with E-state index in [2.05, 4.69) is 42.4 Å². The third-order valence-corrected chi connectivity index (χ3v) is 2.72. The summed E-state index contributed by atoms with van der Waals surface area (Å²) in [7, 11) is 0. The highest BCUT2D eigenvalue weighted by molar-refractivity contribution is 5.82. The largest absolute Gasteiger partial charge is 0.361 e. The van der Waals surface area contributed by atoms with Gasteiger partial charge in [-0.3, -0.25) is 0 Å². The number of aromatic nitrogens is 1. The number of aryl methyl sites for hydroxylation is 1. The topological polar surface area (TPSA) is 15.8 Å². The van der Waals surface area contributed by atoms with Crippen LogP contribution in [0.25, 0.3) is 10.9 Å². The molecule has 0 bridgehead atoms. The van der Waals surface area contributed by atoms with Gasteiger partial charge >= 0.3 is 0 Å². The number of para-hydroxylation sites is 1. The van der Waals surface area contributed by atoms with Crippen molar-refractivity contribution < 1.29 is 0 Å². The molecule has 1 aromatic heterocycles. The maximum Gasteiger partial charge on any atom is 0.0456 e. The van der Waals surface area contributed by atoms with E-state index in [1.54, 1.807) is 0 Å². The van der Waals surface area contributed by atoms with E-state index in [0.717, 1.165) is 0 Å². The standard InChI is InChI=1S/C13H17N/c1-2-3-4-7-11-10-14-13-9-6-5-8-12(11)13/h5-6,8-10,14H,2-4,7H2,1H3. The summed E-state index contributed by atoms with van der Waals surface area (Å²) in [6.07, 6.45) is 7.29. The summed E-state index contributed by atoms with van der Waals surface area (Å²) < 4.78 is 0. The van der Waals surface area contributed by atoms with E-state index in [0.29, 0.717) is 0 Å². The summed E-state index contributed by atoms with van der Waals surface area (Å²) >= 11 is 0. The van der Waals surface area contributed by atoms with Crippen LogP contribution in [0.4, 0.5) is 0 Å². The van der Waals surface area contributed by atoms with Crippen LogP contribution < -0.4 is 0 Å². The average Bonchev–Trinajstić information content (AvgIpc) is 2.63. The number of nitrogens with one attached hydrogen (secondary N) is 1. The zero-order valence-electron chi connectivity index (χ0n) is 8.72. The maximum absolute atomic E-state index is 3.32. The molecule has 0 saturated carbocycles. The van der Waals surface area contributed by atoms with Gasteiger partial charge in [0.1, 0.15) is 0 Å². The van der Waals surface area contributed by atoms with E-state index >= 15 is 0 Å². The second-order valence-corrected chi connectivity index (χ2v) is 3.82. The lowest BCUT2D eigenvalue weighted by Gasteiger charge is -1.97. The first-order valence-electron chi connectivity index (χ1n) is 5.47. The number of H-pyrrole nitrogens is 1. The van der Waals surface area contributed by atoms with Crippen molar-refractivity contribution in [3.8, 4) is 0 Å². The van der Waals surface area contributed by atoms with Crippen LogP contribution in [0, 0.1) is 0 Å². The van der Waals surface area contributed by atoms with E-state index in [-0.39, 0.29) is 0 Å². The predicted molar refractivity (Wildman–Crippen MR) is 61.5 cm³/mol. The van der Waals surface area contributed by atoms with Crippen molar-refractivity contribution in [1.82, 2.24) is 4.98 Å². The van der Waals surface area contributed by atoms with Crippen molar-refractivity contribution in [1.29, 1.82) is 0 Å². The molecule has 1 nitrogen and oxygen atoms in total. The number of aromatic amines is 1. The highest BCUT2D eigenvalue weighted by Gasteiger charge is 2.01. The third kappa shape index (κ3) is 1.82. The number of benzene rings is 1. The first kappa shape index (κ1) is 9.32. The van der Waals surface area contributed by atoms with Crippen LogP contribution in [-0.4, -0.2) is 4.98 Å².